The minimum absolute atomic E-state index is 0.492. The van der Waals surface area contributed by atoms with Gasteiger partial charge in [-0.15, -0.1) is 0 Å². The maximum atomic E-state index is 10.1. The number of nitrogens with one attached hydrogen (secondary N) is 1. The van der Waals surface area contributed by atoms with Crippen molar-refractivity contribution in [3.05, 3.63) is 11.8 Å². The summed E-state index contributed by atoms with van der Waals surface area (Å²) in [6.45, 7) is 4.17. The molecular weight excluding hydrogens is 146 g/mol. The van der Waals surface area contributed by atoms with E-state index in [1.807, 2.05) is 6.92 Å². The minimum Gasteiger partial charge on any atom is -0.478 e. The van der Waals surface area contributed by atoms with Crippen molar-refractivity contribution in [2.75, 3.05) is 6.61 Å². The van der Waals surface area contributed by atoms with E-state index in [0.29, 0.717) is 12.3 Å². The lowest BCUT2D eigenvalue weighted by Gasteiger charge is -2.03. The van der Waals surface area contributed by atoms with Crippen LogP contribution in [0.5, 0.6) is 0 Å². The van der Waals surface area contributed by atoms with Gasteiger partial charge in [0.15, 0.2) is 0 Å². The van der Waals surface area contributed by atoms with Crippen LogP contribution in [0, 0.1) is 0 Å². The number of carbonyl (C=O) groups is 1. The summed E-state index contributed by atoms with van der Waals surface area (Å²) < 4.78 is 0. The summed E-state index contributed by atoms with van der Waals surface area (Å²) in [5.41, 5.74) is 2.99. The molecule has 0 fully saturated rings. The predicted molar refractivity (Wildman–Crippen MR) is 40.8 cm³/mol. The molecule has 0 amide bonds. The summed E-state index contributed by atoms with van der Waals surface area (Å²) in [4.78, 5) is 14.9. The van der Waals surface area contributed by atoms with Gasteiger partial charge >= 0.3 is 5.97 Å². The molecule has 64 valence electrons. The van der Waals surface area contributed by atoms with Crippen molar-refractivity contribution in [2.45, 2.75) is 20.3 Å². The lowest BCUT2D eigenvalue weighted by atomic mass is 10.4. The van der Waals surface area contributed by atoms with Crippen molar-refractivity contribution < 1.29 is 14.7 Å². The Morgan fingerprint density at radius 3 is 2.82 bits per heavy atom. The highest BCUT2D eigenvalue weighted by molar-refractivity contribution is 5.80. The van der Waals surface area contributed by atoms with Crippen LogP contribution < -0.4 is 5.48 Å². The molecular formula is C7H13NO3. The smallest absolute Gasteiger partial charge is 0.330 e. The van der Waals surface area contributed by atoms with Gasteiger partial charge in [-0.05, 0) is 13.3 Å². The minimum atomic E-state index is -0.977. The van der Waals surface area contributed by atoms with Crippen LogP contribution in [0.4, 0.5) is 0 Å². The molecule has 0 spiro atoms. The van der Waals surface area contributed by atoms with Crippen LogP contribution in [0.25, 0.3) is 0 Å². The van der Waals surface area contributed by atoms with Crippen LogP contribution in [-0.2, 0) is 9.63 Å². The summed E-state index contributed by atoms with van der Waals surface area (Å²) in [6.07, 6.45) is 1.95. The van der Waals surface area contributed by atoms with Gasteiger partial charge in [-0.2, -0.15) is 0 Å². The molecule has 0 aliphatic heterocycles. The highest BCUT2D eigenvalue weighted by Gasteiger charge is 1.91. The Balaban J connectivity index is 3.51. The molecule has 0 saturated heterocycles. The van der Waals surface area contributed by atoms with E-state index >= 15 is 0 Å². The Kier molecular flexibility index (Phi) is 5.20. The van der Waals surface area contributed by atoms with Crippen LogP contribution in [0.2, 0.25) is 0 Å². The molecule has 0 unspecified atom stereocenters. The number of hydroxylamine groups is 1. The average molecular weight is 159 g/mol. The normalized spacial score (nSPS) is 11.3. The van der Waals surface area contributed by atoms with Crippen molar-refractivity contribution in [2.24, 2.45) is 0 Å². The Morgan fingerprint density at radius 1 is 1.73 bits per heavy atom. The number of carboxylic acid groups (broad SMARTS) is 1. The topological polar surface area (TPSA) is 58.6 Å². The maximum Gasteiger partial charge on any atom is 0.330 e. The van der Waals surface area contributed by atoms with Crippen LogP contribution in [-0.4, -0.2) is 17.7 Å². The largest absolute Gasteiger partial charge is 0.478 e. The van der Waals surface area contributed by atoms with E-state index in [2.05, 4.69) is 5.48 Å². The zero-order valence-corrected chi connectivity index (χ0v) is 6.76. The van der Waals surface area contributed by atoms with E-state index in [1.165, 1.54) is 0 Å². The highest BCUT2D eigenvalue weighted by atomic mass is 16.6. The predicted octanol–water partition coefficient (Wildman–Crippen LogP) is 0.906. The van der Waals surface area contributed by atoms with Crippen LogP contribution in [0.3, 0.4) is 0 Å². The molecule has 0 aliphatic carbocycles. The third kappa shape index (κ3) is 6.86. The van der Waals surface area contributed by atoms with Crippen LogP contribution in [0.15, 0.2) is 11.8 Å². The molecule has 0 aromatic rings. The van der Waals surface area contributed by atoms with E-state index < -0.39 is 5.97 Å². The Morgan fingerprint density at radius 2 is 2.36 bits per heavy atom. The first-order valence-corrected chi connectivity index (χ1v) is 3.45. The van der Waals surface area contributed by atoms with Crippen LogP contribution in [0.1, 0.15) is 20.3 Å². The fourth-order valence-corrected chi connectivity index (χ4v) is 0.482. The second-order valence-corrected chi connectivity index (χ2v) is 2.12. The lowest BCUT2D eigenvalue weighted by molar-refractivity contribution is -0.131. The summed E-state index contributed by atoms with van der Waals surface area (Å²) >= 11 is 0. The molecule has 2 N–H and O–H groups in total. The number of rotatable bonds is 5. The van der Waals surface area contributed by atoms with E-state index in [-0.39, 0.29) is 0 Å². The lowest BCUT2D eigenvalue weighted by Crippen LogP contribution is -2.13. The number of aliphatic carboxylic acids is 1. The highest BCUT2D eigenvalue weighted by Crippen LogP contribution is 1.86. The summed E-state index contributed by atoms with van der Waals surface area (Å²) in [5, 5.41) is 8.27. The summed E-state index contributed by atoms with van der Waals surface area (Å²) in [7, 11) is 0. The summed E-state index contributed by atoms with van der Waals surface area (Å²) in [5.74, 6) is -0.977. The van der Waals surface area contributed by atoms with E-state index in [1.54, 1.807) is 6.92 Å². The number of hydrogen-bond donors (Lipinski definition) is 2. The van der Waals surface area contributed by atoms with Gasteiger partial charge in [-0.3, -0.25) is 10.3 Å². The fourth-order valence-electron chi connectivity index (χ4n) is 0.482. The Hall–Kier alpha value is -1.03. The quantitative estimate of drug-likeness (QED) is 0.355. The molecule has 11 heavy (non-hydrogen) atoms. The molecule has 4 nitrogen and oxygen atoms in total. The van der Waals surface area contributed by atoms with Crippen molar-refractivity contribution >= 4 is 5.97 Å². The van der Waals surface area contributed by atoms with Crippen molar-refractivity contribution in [1.82, 2.24) is 5.48 Å². The average Bonchev–Trinajstić information content (AvgIpc) is 1.86. The molecule has 0 rings (SSSR count). The standard InChI is InChI=1S/C7H13NO3/c1-3-4-11-8-6(2)5-7(9)10/h5,8H,3-4H2,1-2H3,(H,9,10). The molecule has 4 heteroatoms. The second-order valence-electron chi connectivity index (χ2n) is 2.12. The molecule has 0 bridgehead atoms. The van der Waals surface area contributed by atoms with Gasteiger partial charge in [-0.1, -0.05) is 6.92 Å². The van der Waals surface area contributed by atoms with Crippen molar-refractivity contribution in [3.63, 3.8) is 0 Å². The summed E-state index contributed by atoms with van der Waals surface area (Å²) in [6, 6.07) is 0. The number of carboxylic acids is 1. The Labute approximate surface area is 65.8 Å². The third-order valence-corrected chi connectivity index (χ3v) is 0.879. The van der Waals surface area contributed by atoms with Gasteiger partial charge in [0, 0.05) is 11.8 Å². The van der Waals surface area contributed by atoms with Crippen molar-refractivity contribution in [1.29, 1.82) is 0 Å². The molecule has 0 heterocycles. The van der Waals surface area contributed by atoms with Crippen LogP contribution >= 0.6 is 0 Å². The van der Waals surface area contributed by atoms with Gasteiger partial charge in [0.2, 0.25) is 0 Å². The van der Waals surface area contributed by atoms with E-state index in [4.69, 9.17) is 9.94 Å². The first kappa shape index (κ1) is 9.97. The zero-order valence-electron chi connectivity index (χ0n) is 6.76. The molecule has 0 atom stereocenters. The van der Waals surface area contributed by atoms with Crippen molar-refractivity contribution in [3.8, 4) is 0 Å². The van der Waals surface area contributed by atoms with E-state index in [9.17, 15) is 4.79 Å². The first-order chi connectivity index (χ1) is 5.16. The van der Waals surface area contributed by atoms with Gasteiger partial charge in [0.1, 0.15) is 0 Å². The second kappa shape index (κ2) is 5.73. The molecule has 0 aromatic carbocycles. The number of allylic oxidation sites excluding steroid dienone is 1. The molecule has 0 saturated carbocycles. The van der Waals surface area contributed by atoms with Gasteiger partial charge < -0.3 is 5.11 Å². The number of hydrogen-bond acceptors (Lipinski definition) is 3. The van der Waals surface area contributed by atoms with Gasteiger partial charge in [0.25, 0.3) is 0 Å². The monoisotopic (exact) mass is 159 g/mol. The molecule has 0 aromatic heterocycles. The fraction of sp³-hybridized carbons (Fsp3) is 0.571. The first-order valence-electron chi connectivity index (χ1n) is 3.45. The Bertz CT molecular complexity index is 154. The molecule has 0 radical (unpaired) electrons. The van der Waals surface area contributed by atoms with Gasteiger partial charge in [0.05, 0.1) is 6.61 Å². The SMILES string of the molecule is CCCONC(C)=CC(=O)O. The molecule has 0 aliphatic rings. The van der Waals surface area contributed by atoms with E-state index in [0.717, 1.165) is 12.5 Å². The maximum absolute atomic E-state index is 10.1. The van der Waals surface area contributed by atoms with Gasteiger partial charge in [-0.25, -0.2) is 4.79 Å². The zero-order chi connectivity index (χ0) is 8.69. The third-order valence-electron chi connectivity index (χ3n) is 0.879.